The molecule has 0 aliphatic carbocycles. The number of amides is 2. The molecule has 2 heterocycles. The van der Waals surface area contributed by atoms with E-state index in [0.717, 1.165) is 18.4 Å². The van der Waals surface area contributed by atoms with E-state index in [0.29, 0.717) is 37.4 Å². The van der Waals surface area contributed by atoms with Gasteiger partial charge in [-0.15, -0.1) is 5.10 Å². The van der Waals surface area contributed by atoms with Crippen molar-refractivity contribution in [3.8, 4) is 0 Å². The number of aromatic nitrogens is 3. The third-order valence-electron chi connectivity index (χ3n) is 4.83. The molecule has 1 fully saturated rings. The zero-order valence-corrected chi connectivity index (χ0v) is 16.6. The molecule has 0 unspecified atom stereocenters. The summed E-state index contributed by atoms with van der Waals surface area (Å²) in [6.45, 7) is 1.88. The van der Waals surface area contributed by atoms with Crippen molar-refractivity contribution in [1.82, 2.24) is 24.6 Å². The van der Waals surface area contributed by atoms with Crippen LogP contribution in [0.2, 0.25) is 0 Å². The van der Waals surface area contributed by atoms with Crippen LogP contribution in [-0.4, -0.2) is 53.4 Å². The number of anilines is 1. The minimum absolute atomic E-state index is 0.235. The predicted octanol–water partition coefficient (Wildman–Crippen LogP) is 2.04. The predicted molar refractivity (Wildman–Crippen MR) is 109 cm³/mol. The van der Waals surface area contributed by atoms with Gasteiger partial charge >= 0.3 is 6.03 Å². The second-order valence-corrected chi connectivity index (χ2v) is 8.76. The van der Waals surface area contributed by atoms with Gasteiger partial charge in [0.05, 0.1) is 17.0 Å². The van der Waals surface area contributed by atoms with E-state index < -0.39 is 10.0 Å². The average Bonchev–Trinajstić information content (AvgIpc) is 3.39. The Hall–Kier alpha value is -2.98. The Morgan fingerprint density at radius 2 is 1.83 bits per heavy atom. The maximum absolute atomic E-state index is 12.7. The van der Waals surface area contributed by atoms with Gasteiger partial charge in [0.25, 0.3) is 0 Å². The van der Waals surface area contributed by atoms with Crippen LogP contribution in [-0.2, 0) is 16.6 Å². The molecule has 0 bridgehead atoms. The first-order chi connectivity index (χ1) is 14.0. The Morgan fingerprint density at radius 1 is 1.07 bits per heavy atom. The van der Waals surface area contributed by atoms with E-state index in [9.17, 15) is 13.2 Å². The van der Waals surface area contributed by atoms with Crippen molar-refractivity contribution in [1.29, 1.82) is 0 Å². The molecule has 1 saturated heterocycles. The molecule has 4 rings (SSSR count). The summed E-state index contributed by atoms with van der Waals surface area (Å²) < 4.78 is 28.5. The third kappa shape index (κ3) is 4.22. The van der Waals surface area contributed by atoms with Crippen molar-refractivity contribution in [2.24, 2.45) is 0 Å². The number of carbonyl (C=O) groups is 1. The Bertz CT molecular complexity index is 1110. The number of hydrogen-bond acceptors (Lipinski definition) is 5. The van der Waals surface area contributed by atoms with Crippen molar-refractivity contribution in [3.05, 3.63) is 48.5 Å². The van der Waals surface area contributed by atoms with E-state index >= 15 is 0 Å². The highest BCUT2D eigenvalue weighted by Gasteiger charge is 2.27. The maximum atomic E-state index is 12.7. The molecule has 0 radical (unpaired) electrons. The summed E-state index contributed by atoms with van der Waals surface area (Å²) in [5.74, 6) is 0. The number of carbonyl (C=O) groups excluding carboxylic acids is 1. The van der Waals surface area contributed by atoms with Crippen molar-refractivity contribution in [2.75, 3.05) is 25.0 Å². The minimum atomic E-state index is -3.49. The second-order valence-electron chi connectivity index (χ2n) is 6.82. The molecular formula is C19H22N6O3S. The Morgan fingerprint density at radius 3 is 2.59 bits per heavy atom. The molecule has 2 amide bonds. The van der Waals surface area contributed by atoms with Gasteiger partial charge in [0.1, 0.15) is 5.52 Å². The lowest BCUT2D eigenvalue weighted by Crippen LogP contribution is -2.31. The summed E-state index contributed by atoms with van der Waals surface area (Å²) in [4.78, 5) is 12.2. The van der Waals surface area contributed by atoms with Crippen LogP contribution in [0, 0.1) is 0 Å². The standard InChI is InChI=1S/C19H22N6O3S/c26-19(21-15-6-2-1-3-7-15)20-10-13-25-18-9-8-16(14-17(18)22-23-25)29(27,28)24-11-4-5-12-24/h1-3,6-9,14H,4-5,10-13H2,(H2,20,21,26). The molecule has 1 aliphatic heterocycles. The summed E-state index contributed by atoms with van der Waals surface area (Å²) in [6, 6.07) is 13.7. The van der Waals surface area contributed by atoms with E-state index in [4.69, 9.17) is 0 Å². The second kappa shape index (κ2) is 8.18. The molecule has 0 spiro atoms. The summed E-state index contributed by atoms with van der Waals surface area (Å²) in [6.07, 6.45) is 1.78. The first kappa shape index (κ1) is 19.3. The monoisotopic (exact) mass is 414 g/mol. The first-order valence-electron chi connectivity index (χ1n) is 9.47. The molecule has 2 aromatic carbocycles. The highest BCUT2D eigenvalue weighted by molar-refractivity contribution is 7.89. The van der Waals surface area contributed by atoms with E-state index in [1.807, 2.05) is 18.2 Å². The summed E-state index contributed by atoms with van der Waals surface area (Å²) in [5, 5.41) is 13.7. The highest BCUT2D eigenvalue weighted by Crippen LogP contribution is 2.23. The van der Waals surface area contributed by atoms with E-state index in [2.05, 4.69) is 20.9 Å². The van der Waals surface area contributed by atoms with E-state index in [-0.39, 0.29) is 10.9 Å². The normalized spacial score (nSPS) is 14.9. The van der Waals surface area contributed by atoms with Gasteiger partial charge in [-0.3, -0.25) is 0 Å². The van der Waals surface area contributed by atoms with Gasteiger partial charge in [-0.2, -0.15) is 4.31 Å². The lowest BCUT2D eigenvalue weighted by Gasteiger charge is -2.15. The lowest BCUT2D eigenvalue weighted by atomic mass is 10.3. The molecule has 1 aromatic heterocycles. The molecule has 2 N–H and O–H groups in total. The van der Waals surface area contributed by atoms with Gasteiger partial charge in [-0.1, -0.05) is 23.4 Å². The van der Waals surface area contributed by atoms with Gasteiger partial charge < -0.3 is 10.6 Å². The van der Waals surface area contributed by atoms with Gasteiger partial charge in [-0.05, 0) is 43.2 Å². The molecule has 29 heavy (non-hydrogen) atoms. The molecule has 0 atom stereocenters. The minimum Gasteiger partial charge on any atom is -0.336 e. The van der Waals surface area contributed by atoms with Crippen LogP contribution in [0.1, 0.15) is 12.8 Å². The van der Waals surface area contributed by atoms with Gasteiger partial charge in [0.15, 0.2) is 0 Å². The van der Waals surface area contributed by atoms with Crippen molar-refractivity contribution >= 4 is 32.8 Å². The Kier molecular flexibility index (Phi) is 5.45. The first-order valence-corrected chi connectivity index (χ1v) is 10.9. The van der Waals surface area contributed by atoms with Crippen LogP contribution >= 0.6 is 0 Å². The van der Waals surface area contributed by atoms with Crippen molar-refractivity contribution in [2.45, 2.75) is 24.3 Å². The van der Waals surface area contributed by atoms with Gasteiger partial charge in [0.2, 0.25) is 10.0 Å². The van der Waals surface area contributed by atoms with Gasteiger partial charge in [-0.25, -0.2) is 17.9 Å². The fourth-order valence-corrected chi connectivity index (χ4v) is 4.86. The third-order valence-corrected chi connectivity index (χ3v) is 6.72. The Labute approximate surface area is 168 Å². The molecule has 10 heteroatoms. The largest absolute Gasteiger partial charge is 0.336 e. The van der Waals surface area contributed by atoms with Crippen LogP contribution < -0.4 is 10.6 Å². The summed E-state index contributed by atoms with van der Waals surface area (Å²) >= 11 is 0. The summed E-state index contributed by atoms with van der Waals surface area (Å²) in [7, 11) is -3.49. The lowest BCUT2D eigenvalue weighted by molar-refractivity contribution is 0.251. The molecule has 0 saturated carbocycles. The molecule has 9 nitrogen and oxygen atoms in total. The number of sulfonamides is 1. The zero-order valence-electron chi connectivity index (χ0n) is 15.8. The Balaban J connectivity index is 1.39. The molecule has 1 aliphatic rings. The van der Waals surface area contributed by atoms with E-state index in [1.165, 1.54) is 4.31 Å². The SMILES string of the molecule is O=C(NCCn1nnc2cc(S(=O)(=O)N3CCCC3)ccc21)Nc1ccccc1. The zero-order chi connectivity index (χ0) is 20.3. The van der Waals surface area contributed by atoms with Crippen LogP contribution in [0.3, 0.4) is 0 Å². The van der Waals surface area contributed by atoms with E-state index in [1.54, 1.807) is 35.0 Å². The molecule has 3 aromatic rings. The molecule has 152 valence electrons. The average molecular weight is 414 g/mol. The number of hydrogen-bond donors (Lipinski definition) is 2. The van der Waals surface area contributed by atoms with Crippen LogP contribution in [0.4, 0.5) is 10.5 Å². The number of rotatable bonds is 6. The molecular weight excluding hydrogens is 392 g/mol. The van der Waals surface area contributed by atoms with Crippen molar-refractivity contribution in [3.63, 3.8) is 0 Å². The van der Waals surface area contributed by atoms with Crippen LogP contribution in [0.5, 0.6) is 0 Å². The quantitative estimate of drug-likeness (QED) is 0.642. The van der Waals surface area contributed by atoms with Crippen LogP contribution in [0.15, 0.2) is 53.4 Å². The fourth-order valence-electron chi connectivity index (χ4n) is 3.33. The fraction of sp³-hybridized carbons (Fsp3) is 0.316. The van der Waals surface area contributed by atoms with Gasteiger partial charge in [0, 0.05) is 25.3 Å². The topological polar surface area (TPSA) is 109 Å². The highest BCUT2D eigenvalue weighted by atomic mass is 32.2. The smallest absolute Gasteiger partial charge is 0.319 e. The number of fused-ring (bicyclic) bond motifs is 1. The number of benzene rings is 2. The summed E-state index contributed by atoms with van der Waals surface area (Å²) in [5.41, 5.74) is 1.94. The van der Waals surface area contributed by atoms with Crippen molar-refractivity contribution < 1.29 is 13.2 Å². The maximum Gasteiger partial charge on any atom is 0.319 e. The number of nitrogens with zero attached hydrogens (tertiary/aromatic N) is 4. The van der Waals surface area contributed by atoms with Crippen LogP contribution in [0.25, 0.3) is 11.0 Å². The number of urea groups is 1. The number of para-hydroxylation sites is 1. The number of nitrogens with one attached hydrogen (secondary N) is 2.